The standard InChI is InChI=1S/C25H28N4O4S2/c1-12-7-13(2)9-18(8-12)10-19(23(33)29-25-28-22(15(4)31)17(6)35-25)11-20(32)26-24-27-21(14(3)30)16(5)34-24/h7-9,19H,10-11H2,1-6H3,(H,26,27,32)(H,28,29,33)/t19-/m1/s1. The number of aromatic nitrogens is 2. The number of ketones is 2. The summed E-state index contributed by atoms with van der Waals surface area (Å²) in [5, 5.41) is 6.15. The maximum Gasteiger partial charge on any atom is 0.230 e. The van der Waals surface area contributed by atoms with Gasteiger partial charge in [-0.15, -0.1) is 22.7 Å². The van der Waals surface area contributed by atoms with Gasteiger partial charge in [0.05, 0.1) is 5.92 Å². The van der Waals surface area contributed by atoms with Crippen LogP contribution in [-0.4, -0.2) is 33.3 Å². The van der Waals surface area contributed by atoms with Gasteiger partial charge >= 0.3 is 0 Å². The SMILES string of the molecule is CC(=O)c1nc(NC(=O)C[C@@H](Cc2cc(C)cc(C)c2)C(=O)Nc2nc(C(C)=O)c(C)s2)sc1C. The summed E-state index contributed by atoms with van der Waals surface area (Å²) >= 11 is 2.44. The fraction of sp³-hybridized carbons (Fsp3) is 0.360. The van der Waals surface area contributed by atoms with Gasteiger partial charge in [-0.25, -0.2) is 9.97 Å². The molecular weight excluding hydrogens is 484 g/mol. The lowest BCUT2D eigenvalue weighted by Crippen LogP contribution is -2.29. The first-order valence-electron chi connectivity index (χ1n) is 11.1. The van der Waals surface area contributed by atoms with Gasteiger partial charge in [-0.2, -0.15) is 0 Å². The number of carbonyl (C=O) groups is 4. The Bertz CT molecular complexity index is 1290. The third-order valence-corrected chi connectivity index (χ3v) is 7.08. The molecule has 2 N–H and O–H groups in total. The van der Waals surface area contributed by atoms with Crippen LogP contribution in [-0.2, 0) is 16.0 Å². The number of benzene rings is 1. The van der Waals surface area contributed by atoms with E-state index >= 15 is 0 Å². The molecule has 0 bridgehead atoms. The molecule has 10 heteroatoms. The van der Waals surface area contributed by atoms with Crippen molar-refractivity contribution >= 4 is 56.3 Å². The highest BCUT2D eigenvalue weighted by Gasteiger charge is 2.25. The summed E-state index contributed by atoms with van der Waals surface area (Å²) in [4.78, 5) is 59.4. The highest BCUT2D eigenvalue weighted by atomic mass is 32.1. The minimum Gasteiger partial charge on any atom is -0.302 e. The summed E-state index contributed by atoms with van der Waals surface area (Å²) in [5.74, 6) is -1.76. The molecule has 8 nitrogen and oxygen atoms in total. The number of hydrogen-bond acceptors (Lipinski definition) is 8. The number of anilines is 2. The van der Waals surface area contributed by atoms with Crippen LogP contribution in [0.1, 0.15) is 67.7 Å². The molecular formula is C25H28N4O4S2. The summed E-state index contributed by atoms with van der Waals surface area (Å²) in [6.07, 6.45) is 0.262. The third-order valence-electron chi connectivity index (χ3n) is 5.30. The Hall–Kier alpha value is -3.24. The Labute approximate surface area is 212 Å². The molecule has 0 aliphatic carbocycles. The van der Waals surface area contributed by atoms with Crippen molar-refractivity contribution in [3.63, 3.8) is 0 Å². The summed E-state index contributed by atoms with van der Waals surface area (Å²) in [5.41, 5.74) is 3.74. The van der Waals surface area contributed by atoms with Gasteiger partial charge in [0.15, 0.2) is 21.8 Å². The third kappa shape index (κ3) is 6.89. The van der Waals surface area contributed by atoms with Gasteiger partial charge in [-0.3, -0.25) is 19.2 Å². The molecule has 0 unspecified atom stereocenters. The van der Waals surface area contributed by atoms with Crippen molar-refractivity contribution in [3.8, 4) is 0 Å². The first kappa shape index (κ1) is 26.4. The number of nitrogens with zero attached hydrogens (tertiary/aromatic N) is 2. The number of carbonyl (C=O) groups excluding carboxylic acids is 4. The van der Waals surface area contributed by atoms with Crippen LogP contribution in [0.25, 0.3) is 0 Å². The molecule has 3 rings (SSSR count). The Morgan fingerprint density at radius 1 is 0.800 bits per heavy atom. The lowest BCUT2D eigenvalue weighted by atomic mass is 9.93. The molecule has 0 aliphatic rings. The minimum absolute atomic E-state index is 0.0865. The second-order valence-corrected chi connectivity index (χ2v) is 11.0. The number of hydrogen-bond donors (Lipinski definition) is 2. The first-order valence-corrected chi connectivity index (χ1v) is 12.7. The topological polar surface area (TPSA) is 118 Å². The molecule has 0 saturated heterocycles. The van der Waals surface area contributed by atoms with Gasteiger partial charge in [-0.1, -0.05) is 29.3 Å². The van der Waals surface area contributed by atoms with Crippen molar-refractivity contribution in [2.75, 3.05) is 10.6 Å². The average molecular weight is 513 g/mol. The Kier molecular flexibility index (Phi) is 8.29. The highest BCUT2D eigenvalue weighted by molar-refractivity contribution is 7.16. The molecule has 0 aliphatic heterocycles. The quantitative estimate of drug-likeness (QED) is 0.387. The van der Waals surface area contributed by atoms with Crippen LogP contribution in [0.4, 0.5) is 10.3 Å². The second kappa shape index (κ2) is 11.0. The number of nitrogens with one attached hydrogen (secondary N) is 2. The van der Waals surface area contributed by atoms with Gasteiger partial charge in [0.2, 0.25) is 11.8 Å². The van der Waals surface area contributed by atoms with Crippen molar-refractivity contribution in [3.05, 3.63) is 56.0 Å². The van der Waals surface area contributed by atoms with Crippen LogP contribution < -0.4 is 10.6 Å². The van der Waals surface area contributed by atoms with E-state index in [0.717, 1.165) is 26.4 Å². The summed E-state index contributed by atoms with van der Waals surface area (Å²) < 4.78 is 0. The first-order chi connectivity index (χ1) is 16.4. The highest BCUT2D eigenvalue weighted by Crippen LogP contribution is 2.26. The zero-order valence-corrected chi connectivity index (χ0v) is 22.2. The van der Waals surface area contributed by atoms with Gasteiger partial charge in [0.1, 0.15) is 11.4 Å². The van der Waals surface area contributed by atoms with Gasteiger partial charge in [-0.05, 0) is 39.7 Å². The van der Waals surface area contributed by atoms with E-state index in [9.17, 15) is 19.2 Å². The summed E-state index contributed by atoms with van der Waals surface area (Å²) in [7, 11) is 0. The van der Waals surface area contributed by atoms with Crippen LogP contribution in [0.5, 0.6) is 0 Å². The molecule has 35 heavy (non-hydrogen) atoms. The van der Waals surface area contributed by atoms with Crippen LogP contribution in [0.2, 0.25) is 0 Å². The summed E-state index contributed by atoms with van der Waals surface area (Å²) in [6.45, 7) is 10.4. The number of rotatable bonds is 9. The van der Waals surface area contributed by atoms with E-state index in [1.165, 1.54) is 36.5 Å². The van der Waals surface area contributed by atoms with Gasteiger partial charge in [0.25, 0.3) is 0 Å². The molecule has 0 fully saturated rings. The fourth-order valence-electron chi connectivity index (χ4n) is 3.88. The lowest BCUT2D eigenvalue weighted by molar-refractivity contribution is -0.124. The fourth-order valence-corrected chi connectivity index (χ4v) is 5.63. The van der Waals surface area contributed by atoms with E-state index in [4.69, 9.17) is 0 Å². The molecule has 0 spiro atoms. The zero-order chi connectivity index (χ0) is 25.9. The van der Waals surface area contributed by atoms with E-state index in [0.29, 0.717) is 28.1 Å². The number of amides is 2. The normalized spacial score (nSPS) is 11.7. The Balaban J connectivity index is 1.81. The molecule has 1 aromatic carbocycles. The van der Waals surface area contributed by atoms with Crippen molar-refractivity contribution in [1.29, 1.82) is 0 Å². The van der Waals surface area contributed by atoms with Crippen LogP contribution in [0, 0.1) is 33.6 Å². The van der Waals surface area contributed by atoms with Crippen LogP contribution >= 0.6 is 22.7 Å². The monoisotopic (exact) mass is 512 g/mol. The second-order valence-electron chi connectivity index (χ2n) is 8.60. The number of thiazole rings is 2. The van der Waals surface area contributed by atoms with Crippen molar-refractivity contribution < 1.29 is 19.2 Å². The Morgan fingerprint density at radius 2 is 1.29 bits per heavy atom. The molecule has 2 amide bonds. The van der Waals surface area contributed by atoms with Crippen molar-refractivity contribution in [2.24, 2.45) is 5.92 Å². The van der Waals surface area contributed by atoms with E-state index in [-0.39, 0.29) is 29.8 Å². The van der Waals surface area contributed by atoms with Crippen LogP contribution in [0.15, 0.2) is 18.2 Å². The van der Waals surface area contributed by atoms with E-state index in [2.05, 4.69) is 20.6 Å². The molecule has 2 aromatic heterocycles. The molecule has 1 atom stereocenters. The maximum atomic E-state index is 13.2. The smallest absolute Gasteiger partial charge is 0.230 e. The van der Waals surface area contributed by atoms with E-state index < -0.39 is 5.92 Å². The van der Waals surface area contributed by atoms with Gasteiger partial charge in [0, 0.05) is 30.0 Å². The molecule has 3 aromatic rings. The van der Waals surface area contributed by atoms with Gasteiger partial charge < -0.3 is 10.6 Å². The molecule has 184 valence electrons. The number of Topliss-reactive ketones (excluding diaryl/α,β-unsaturated/α-hetero) is 2. The molecule has 0 saturated carbocycles. The molecule has 0 radical (unpaired) electrons. The van der Waals surface area contributed by atoms with E-state index in [1.54, 1.807) is 13.8 Å². The average Bonchev–Trinajstić information content (AvgIpc) is 3.28. The van der Waals surface area contributed by atoms with E-state index in [1.807, 2.05) is 32.0 Å². The lowest BCUT2D eigenvalue weighted by Gasteiger charge is -2.16. The van der Waals surface area contributed by atoms with Crippen molar-refractivity contribution in [2.45, 2.75) is 54.4 Å². The predicted octanol–water partition coefficient (Wildman–Crippen LogP) is 5.06. The number of aryl methyl sites for hydroxylation is 4. The van der Waals surface area contributed by atoms with Crippen LogP contribution in [0.3, 0.4) is 0 Å². The minimum atomic E-state index is -0.686. The van der Waals surface area contributed by atoms with Crippen molar-refractivity contribution in [1.82, 2.24) is 9.97 Å². The largest absolute Gasteiger partial charge is 0.302 e. The predicted molar refractivity (Wildman–Crippen MR) is 139 cm³/mol. The Morgan fingerprint density at radius 3 is 1.74 bits per heavy atom. The summed E-state index contributed by atoms with van der Waals surface area (Å²) in [6, 6.07) is 6.04. The molecule has 2 heterocycles. The maximum absolute atomic E-state index is 13.2. The zero-order valence-electron chi connectivity index (χ0n) is 20.6.